The van der Waals surface area contributed by atoms with Gasteiger partial charge in [0.25, 0.3) is 0 Å². The molecule has 0 aromatic heterocycles. The molecule has 3 nitrogen and oxygen atoms in total. The summed E-state index contributed by atoms with van der Waals surface area (Å²) < 4.78 is 4.82. The lowest BCUT2D eigenvalue weighted by Gasteiger charge is -2.58. The van der Waals surface area contributed by atoms with Crippen molar-refractivity contribution in [1.82, 2.24) is 0 Å². The van der Waals surface area contributed by atoms with E-state index in [0.29, 0.717) is 17.3 Å². The lowest BCUT2D eigenvalue weighted by atomic mass is 9.47. The molecule has 4 aliphatic rings. The number of ether oxygens (including phenoxy) is 1. The molecule has 0 bridgehead atoms. The van der Waals surface area contributed by atoms with Gasteiger partial charge in [-0.2, -0.15) is 0 Å². The number of aliphatic hydroxyl groups excluding tert-OH is 1. The van der Waals surface area contributed by atoms with Crippen molar-refractivity contribution in [1.29, 1.82) is 0 Å². The molecule has 27 heavy (non-hydrogen) atoms. The summed E-state index contributed by atoms with van der Waals surface area (Å²) in [5, 5.41) is 10.2. The fourth-order valence-electron chi connectivity index (χ4n) is 7.82. The molecule has 0 aromatic carbocycles. The van der Waals surface area contributed by atoms with Crippen molar-refractivity contribution in [2.45, 2.75) is 90.6 Å². The van der Waals surface area contributed by atoms with Crippen molar-refractivity contribution in [3.63, 3.8) is 0 Å². The van der Waals surface area contributed by atoms with Gasteiger partial charge in [0.2, 0.25) is 0 Å². The van der Waals surface area contributed by atoms with E-state index < -0.39 is 0 Å². The molecular formula is C24H38O3. The van der Waals surface area contributed by atoms with Crippen LogP contribution >= 0.6 is 0 Å². The minimum atomic E-state index is -0.111. The fourth-order valence-corrected chi connectivity index (χ4v) is 7.82. The monoisotopic (exact) mass is 374 g/mol. The van der Waals surface area contributed by atoms with E-state index in [4.69, 9.17) is 4.74 Å². The lowest BCUT2D eigenvalue weighted by Crippen LogP contribution is -2.50. The number of rotatable bonds is 4. The van der Waals surface area contributed by atoms with Gasteiger partial charge in [0, 0.05) is 6.42 Å². The van der Waals surface area contributed by atoms with Crippen LogP contribution in [0.2, 0.25) is 0 Å². The third-order valence-electron chi connectivity index (χ3n) is 9.44. The van der Waals surface area contributed by atoms with Gasteiger partial charge in [-0.25, -0.2) is 0 Å². The first-order chi connectivity index (χ1) is 12.9. The van der Waals surface area contributed by atoms with Crippen LogP contribution in [-0.4, -0.2) is 24.3 Å². The number of hydrogen-bond acceptors (Lipinski definition) is 3. The van der Waals surface area contributed by atoms with Gasteiger partial charge in [-0.3, -0.25) is 4.79 Å². The smallest absolute Gasteiger partial charge is 0.305 e. The normalized spacial score (nSPS) is 46.1. The van der Waals surface area contributed by atoms with Crippen LogP contribution in [0.25, 0.3) is 0 Å². The van der Waals surface area contributed by atoms with Crippen molar-refractivity contribution >= 4 is 5.97 Å². The number of allylic oxidation sites excluding steroid dienone is 1. The molecule has 7 atom stereocenters. The van der Waals surface area contributed by atoms with Crippen molar-refractivity contribution in [3.8, 4) is 0 Å². The molecule has 5 unspecified atom stereocenters. The SMILES string of the molecule is COC(=O)CCC[C@H]1CCC2[C@@H]3CC=C4CC(O)CCC4(C)C3CCC21C. The quantitative estimate of drug-likeness (QED) is 0.538. The van der Waals surface area contributed by atoms with E-state index in [2.05, 4.69) is 19.9 Å². The van der Waals surface area contributed by atoms with Gasteiger partial charge in [0.1, 0.15) is 0 Å². The summed E-state index contributed by atoms with van der Waals surface area (Å²) in [6.45, 7) is 5.07. The predicted octanol–water partition coefficient (Wildman–Crippen LogP) is 5.27. The Labute approximate surface area is 164 Å². The van der Waals surface area contributed by atoms with Gasteiger partial charge >= 0.3 is 5.97 Å². The first-order valence-electron chi connectivity index (χ1n) is 11.3. The average molecular weight is 375 g/mol. The van der Waals surface area contributed by atoms with Crippen LogP contribution in [0.5, 0.6) is 0 Å². The summed E-state index contributed by atoms with van der Waals surface area (Å²) >= 11 is 0. The highest BCUT2D eigenvalue weighted by molar-refractivity contribution is 5.68. The van der Waals surface area contributed by atoms with Gasteiger partial charge in [0.15, 0.2) is 0 Å². The van der Waals surface area contributed by atoms with Gasteiger partial charge in [0.05, 0.1) is 13.2 Å². The summed E-state index contributed by atoms with van der Waals surface area (Å²) in [5.74, 6) is 3.21. The number of aliphatic hydroxyl groups is 1. The van der Waals surface area contributed by atoms with E-state index in [1.54, 1.807) is 5.57 Å². The zero-order valence-electron chi connectivity index (χ0n) is 17.5. The molecule has 0 spiro atoms. The highest BCUT2D eigenvalue weighted by Crippen LogP contribution is 2.66. The maximum absolute atomic E-state index is 11.5. The first kappa shape index (κ1) is 19.5. The molecule has 1 N–H and O–H groups in total. The molecule has 3 fully saturated rings. The van der Waals surface area contributed by atoms with Crippen molar-refractivity contribution in [2.75, 3.05) is 7.11 Å². The predicted molar refractivity (Wildman–Crippen MR) is 107 cm³/mol. The molecular weight excluding hydrogens is 336 g/mol. The number of carbonyl (C=O) groups is 1. The second-order valence-electron chi connectivity index (χ2n) is 10.4. The largest absolute Gasteiger partial charge is 0.469 e. The van der Waals surface area contributed by atoms with Crippen molar-refractivity contribution in [2.24, 2.45) is 34.5 Å². The Morgan fingerprint density at radius 1 is 1.19 bits per heavy atom. The van der Waals surface area contributed by atoms with E-state index in [0.717, 1.165) is 42.9 Å². The van der Waals surface area contributed by atoms with E-state index in [1.165, 1.54) is 52.1 Å². The molecule has 3 heteroatoms. The minimum absolute atomic E-state index is 0.0595. The molecule has 0 aliphatic heterocycles. The van der Waals surface area contributed by atoms with Gasteiger partial charge in [-0.05, 0) is 98.7 Å². The summed E-state index contributed by atoms with van der Waals surface area (Å²) in [4.78, 5) is 11.5. The van der Waals surface area contributed by atoms with Crippen LogP contribution in [0.15, 0.2) is 11.6 Å². The maximum Gasteiger partial charge on any atom is 0.305 e. The van der Waals surface area contributed by atoms with E-state index in [-0.39, 0.29) is 12.1 Å². The number of esters is 1. The number of carbonyl (C=O) groups excluding carboxylic acids is 1. The summed E-state index contributed by atoms with van der Waals surface area (Å²) in [7, 11) is 1.49. The Balaban J connectivity index is 1.48. The fraction of sp³-hybridized carbons (Fsp3) is 0.875. The number of hydrogen-bond donors (Lipinski definition) is 1. The van der Waals surface area contributed by atoms with E-state index >= 15 is 0 Å². The lowest BCUT2D eigenvalue weighted by molar-refractivity contribution is -0.140. The van der Waals surface area contributed by atoms with Gasteiger partial charge in [-0.1, -0.05) is 25.5 Å². The molecule has 0 saturated heterocycles. The summed E-state index contributed by atoms with van der Waals surface area (Å²) in [5.41, 5.74) is 2.37. The summed E-state index contributed by atoms with van der Waals surface area (Å²) in [6, 6.07) is 0. The maximum atomic E-state index is 11.5. The molecule has 0 heterocycles. The highest BCUT2D eigenvalue weighted by Gasteiger charge is 2.58. The molecule has 0 amide bonds. The Morgan fingerprint density at radius 3 is 2.78 bits per heavy atom. The molecule has 4 rings (SSSR count). The molecule has 3 saturated carbocycles. The van der Waals surface area contributed by atoms with Crippen LogP contribution in [-0.2, 0) is 9.53 Å². The Bertz CT molecular complexity index is 611. The zero-order valence-corrected chi connectivity index (χ0v) is 17.5. The highest BCUT2D eigenvalue weighted by atomic mass is 16.5. The molecule has 4 aliphatic carbocycles. The number of fused-ring (bicyclic) bond motifs is 5. The molecule has 0 radical (unpaired) electrons. The number of methoxy groups -OCH3 is 1. The van der Waals surface area contributed by atoms with Crippen LogP contribution in [0.1, 0.15) is 84.5 Å². The Kier molecular flexibility index (Phi) is 5.20. The topological polar surface area (TPSA) is 46.5 Å². The van der Waals surface area contributed by atoms with Crippen LogP contribution in [0.4, 0.5) is 0 Å². The second-order valence-corrected chi connectivity index (χ2v) is 10.4. The van der Waals surface area contributed by atoms with Crippen LogP contribution in [0.3, 0.4) is 0 Å². The Hall–Kier alpha value is -0.830. The first-order valence-corrected chi connectivity index (χ1v) is 11.3. The van der Waals surface area contributed by atoms with Crippen LogP contribution in [0, 0.1) is 34.5 Å². The molecule has 0 aromatic rings. The van der Waals surface area contributed by atoms with Crippen molar-refractivity contribution in [3.05, 3.63) is 11.6 Å². The third-order valence-corrected chi connectivity index (χ3v) is 9.44. The van der Waals surface area contributed by atoms with Gasteiger partial charge < -0.3 is 9.84 Å². The molecule has 152 valence electrons. The third kappa shape index (κ3) is 3.18. The average Bonchev–Trinajstić information content (AvgIpc) is 2.99. The van der Waals surface area contributed by atoms with E-state index in [1.807, 2.05) is 0 Å². The standard InChI is InChI=1S/C24H38O3/c1-23-14-12-21-19(9-7-17-15-18(25)11-13-24(17,21)2)20(23)10-8-16(23)5-4-6-22(26)27-3/h7,16,18-21,25H,4-6,8-15H2,1-3H3/t16-,18?,19-,20?,21?,23?,24?/m0/s1. The zero-order chi connectivity index (χ0) is 19.2. The minimum Gasteiger partial charge on any atom is -0.469 e. The van der Waals surface area contributed by atoms with E-state index in [9.17, 15) is 9.90 Å². The van der Waals surface area contributed by atoms with Crippen molar-refractivity contribution < 1.29 is 14.6 Å². The van der Waals surface area contributed by atoms with Crippen LogP contribution < -0.4 is 0 Å². The Morgan fingerprint density at radius 2 is 2.00 bits per heavy atom. The summed E-state index contributed by atoms with van der Waals surface area (Å²) in [6.07, 6.45) is 14.9. The van der Waals surface area contributed by atoms with Gasteiger partial charge in [-0.15, -0.1) is 0 Å². The second kappa shape index (κ2) is 7.21.